The van der Waals surface area contributed by atoms with Gasteiger partial charge in [0.05, 0.1) is 0 Å². The first-order valence-electron chi connectivity index (χ1n) is 6.09. The van der Waals surface area contributed by atoms with Gasteiger partial charge in [0.25, 0.3) is 5.95 Å². The van der Waals surface area contributed by atoms with Crippen molar-refractivity contribution in [3.63, 3.8) is 0 Å². The van der Waals surface area contributed by atoms with Gasteiger partial charge in [0.2, 0.25) is 5.13 Å². The van der Waals surface area contributed by atoms with Gasteiger partial charge in [-0.3, -0.25) is 10.1 Å². The maximum absolute atomic E-state index is 12.0. The van der Waals surface area contributed by atoms with E-state index in [1.54, 1.807) is 0 Å². The SMILES string of the molecule is CSc1nnc(NC(=O)c2nc(Nc3ccccc3)no2)s1. The lowest BCUT2D eigenvalue weighted by atomic mass is 10.3. The van der Waals surface area contributed by atoms with Gasteiger partial charge < -0.3 is 9.84 Å². The molecular formula is C12H10N6O2S2. The van der Waals surface area contributed by atoms with E-state index in [-0.39, 0.29) is 11.8 Å². The monoisotopic (exact) mass is 334 g/mol. The number of carbonyl (C=O) groups is 1. The fraction of sp³-hybridized carbons (Fsp3) is 0.0833. The van der Waals surface area contributed by atoms with Crippen molar-refractivity contribution < 1.29 is 9.32 Å². The molecule has 0 saturated carbocycles. The molecule has 0 saturated heterocycles. The summed E-state index contributed by atoms with van der Waals surface area (Å²) < 4.78 is 5.68. The molecule has 3 rings (SSSR count). The molecule has 112 valence electrons. The topological polar surface area (TPSA) is 106 Å². The van der Waals surface area contributed by atoms with Gasteiger partial charge in [0, 0.05) is 5.69 Å². The molecule has 1 aromatic carbocycles. The van der Waals surface area contributed by atoms with Crippen molar-refractivity contribution in [2.45, 2.75) is 4.34 Å². The number of thioether (sulfide) groups is 1. The third-order valence-electron chi connectivity index (χ3n) is 2.45. The first kappa shape index (κ1) is 14.5. The molecular weight excluding hydrogens is 324 g/mol. The largest absolute Gasteiger partial charge is 0.327 e. The first-order chi connectivity index (χ1) is 10.7. The van der Waals surface area contributed by atoms with Crippen molar-refractivity contribution in [2.24, 2.45) is 0 Å². The minimum atomic E-state index is -0.530. The number of rotatable bonds is 5. The van der Waals surface area contributed by atoms with Crippen LogP contribution in [0, 0.1) is 0 Å². The lowest BCUT2D eigenvalue weighted by Crippen LogP contribution is -2.12. The van der Waals surface area contributed by atoms with E-state index in [1.807, 2.05) is 36.6 Å². The van der Waals surface area contributed by atoms with Crippen LogP contribution in [0.1, 0.15) is 10.7 Å². The van der Waals surface area contributed by atoms with Crippen LogP contribution >= 0.6 is 23.1 Å². The van der Waals surface area contributed by atoms with Gasteiger partial charge in [-0.2, -0.15) is 4.98 Å². The second kappa shape index (κ2) is 6.54. The summed E-state index contributed by atoms with van der Waals surface area (Å²) >= 11 is 2.72. The summed E-state index contributed by atoms with van der Waals surface area (Å²) in [5.74, 6) is -0.477. The number of amides is 1. The second-order valence-electron chi connectivity index (χ2n) is 3.95. The highest BCUT2D eigenvalue weighted by molar-refractivity contribution is 8.00. The Bertz CT molecular complexity index is 773. The molecule has 2 N–H and O–H groups in total. The zero-order valence-corrected chi connectivity index (χ0v) is 12.9. The number of para-hydroxylation sites is 1. The summed E-state index contributed by atoms with van der Waals surface area (Å²) in [5.41, 5.74) is 0.795. The summed E-state index contributed by atoms with van der Waals surface area (Å²) in [7, 11) is 0. The van der Waals surface area contributed by atoms with Crippen LogP contribution in [0.3, 0.4) is 0 Å². The Kier molecular flexibility index (Phi) is 4.30. The van der Waals surface area contributed by atoms with Crippen molar-refractivity contribution in [2.75, 3.05) is 16.9 Å². The van der Waals surface area contributed by atoms with Crippen molar-refractivity contribution >= 4 is 45.8 Å². The number of hydrogen-bond donors (Lipinski definition) is 2. The molecule has 0 fully saturated rings. The predicted octanol–water partition coefficient (Wildman–Crippen LogP) is 2.64. The van der Waals surface area contributed by atoms with Crippen molar-refractivity contribution in [3.8, 4) is 0 Å². The highest BCUT2D eigenvalue weighted by atomic mass is 32.2. The van der Waals surface area contributed by atoms with Gasteiger partial charge >= 0.3 is 11.8 Å². The lowest BCUT2D eigenvalue weighted by Gasteiger charge is -1.98. The Hall–Kier alpha value is -2.46. The molecule has 0 aliphatic rings. The molecule has 22 heavy (non-hydrogen) atoms. The zero-order chi connectivity index (χ0) is 15.4. The van der Waals surface area contributed by atoms with Crippen molar-refractivity contribution in [1.82, 2.24) is 20.3 Å². The van der Waals surface area contributed by atoms with Crippen LogP contribution in [0.5, 0.6) is 0 Å². The third-order valence-corrected chi connectivity index (χ3v) is 4.27. The Morgan fingerprint density at radius 2 is 2.09 bits per heavy atom. The molecule has 8 nitrogen and oxygen atoms in total. The van der Waals surface area contributed by atoms with Gasteiger partial charge in [-0.15, -0.1) is 10.2 Å². The van der Waals surface area contributed by atoms with E-state index in [0.29, 0.717) is 5.13 Å². The van der Waals surface area contributed by atoms with Gasteiger partial charge in [-0.05, 0) is 23.5 Å². The maximum atomic E-state index is 12.0. The molecule has 2 heterocycles. The van der Waals surface area contributed by atoms with E-state index in [0.717, 1.165) is 10.0 Å². The van der Waals surface area contributed by atoms with Gasteiger partial charge in [0.1, 0.15) is 0 Å². The van der Waals surface area contributed by atoms with E-state index in [1.165, 1.54) is 23.1 Å². The summed E-state index contributed by atoms with van der Waals surface area (Å²) in [4.78, 5) is 16.0. The molecule has 0 radical (unpaired) electrons. The first-order valence-corrected chi connectivity index (χ1v) is 8.13. The summed E-state index contributed by atoms with van der Waals surface area (Å²) in [6.45, 7) is 0. The average Bonchev–Trinajstić information content (AvgIpc) is 3.17. The Balaban J connectivity index is 1.66. The molecule has 0 bridgehead atoms. The molecule has 10 heteroatoms. The average molecular weight is 334 g/mol. The summed E-state index contributed by atoms with van der Waals surface area (Å²) in [5, 5.41) is 17.3. The summed E-state index contributed by atoms with van der Waals surface area (Å²) in [6.07, 6.45) is 1.88. The number of anilines is 3. The Morgan fingerprint density at radius 1 is 1.27 bits per heavy atom. The molecule has 2 aromatic heterocycles. The highest BCUT2D eigenvalue weighted by Crippen LogP contribution is 2.23. The van der Waals surface area contributed by atoms with E-state index < -0.39 is 5.91 Å². The molecule has 3 aromatic rings. The van der Waals surface area contributed by atoms with Crippen LogP contribution in [-0.2, 0) is 0 Å². The van der Waals surface area contributed by atoms with E-state index in [2.05, 4.69) is 31.0 Å². The van der Waals surface area contributed by atoms with Crippen LogP contribution < -0.4 is 10.6 Å². The van der Waals surface area contributed by atoms with Gasteiger partial charge in [-0.1, -0.05) is 41.3 Å². The van der Waals surface area contributed by atoms with E-state index in [9.17, 15) is 4.79 Å². The molecule has 0 spiro atoms. The third kappa shape index (κ3) is 3.40. The quantitative estimate of drug-likeness (QED) is 0.542. The van der Waals surface area contributed by atoms with Crippen LogP contribution in [-0.4, -0.2) is 32.5 Å². The smallest absolute Gasteiger partial charge is 0.317 e. The van der Waals surface area contributed by atoms with Crippen LogP contribution in [0.25, 0.3) is 0 Å². The molecule has 0 atom stereocenters. The van der Waals surface area contributed by atoms with Gasteiger partial charge in [-0.25, -0.2) is 0 Å². The predicted molar refractivity (Wildman–Crippen MR) is 83.7 cm³/mol. The number of benzene rings is 1. The van der Waals surface area contributed by atoms with Gasteiger partial charge in [0.15, 0.2) is 4.34 Å². The number of aromatic nitrogens is 4. The van der Waals surface area contributed by atoms with Crippen LogP contribution in [0.4, 0.5) is 16.8 Å². The molecule has 0 aliphatic carbocycles. The molecule has 1 amide bonds. The number of carbonyl (C=O) groups excluding carboxylic acids is 1. The normalized spacial score (nSPS) is 10.4. The fourth-order valence-corrected chi connectivity index (χ4v) is 2.68. The minimum absolute atomic E-state index is 0.153. The highest BCUT2D eigenvalue weighted by Gasteiger charge is 2.17. The van der Waals surface area contributed by atoms with Crippen molar-refractivity contribution in [1.29, 1.82) is 0 Å². The van der Waals surface area contributed by atoms with Crippen LogP contribution in [0.15, 0.2) is 39.2 Å². The minimum Gasteiger partial charge on any atom is -0.327 e. The Labute approximate surface area is 133 Å². The lowest BCUT2D eigenvalue weighted by molar-refractivity contribution is 0.0981. The Morgan fingerprint density at radius 3 is 2.82 bits per heavy atom. The number of hydrogen-bond acceptors (Lipinski definition) is 9. The van der Waals surface area contributed by atoms with E-state index in [4.69, 9.17) is 4.52 Å². The van der Waals surface area contributed by atoms with E-state index >= 15 is 0 Å². The fourth-order valence-electron chi connectivity index (χ4n) is 1.51. The molecule has 0 unspecified atom stereocenters. The van der Waals surface area contributed by atoms with Crippen molar-refractivity contribution in [3.05, 3.63) is 36.2 Å². The molecule has 0 aliphatic heterocycles. The maximum Gasteiger partial charge on any atom is 0.317 e. The number of nitrogens with zero attached hydrogens (tertiary/aromatic N) is 4. The standard InChI is InChI=1S/C12H10N6O2S2/c1-21-12-17-16-11(22-12)14-8(19)9-15-10(18-20-9)13-7-5-3-2-4-6-7/h2-6H,1H3,(H,13,18)(H,14,16,19). The second-order valence-corrected chi connectivity index (χ2v) is 5.98. The zero-order valence-electron chi connectivity index (χ0n) is 11.3. The number of nitrogens with one attached hydrogen (secondary N) is 2. The summed E-state index contributed by atoms with van der Waals surface area (Å²) in [6, 6.07) is 9.33. The van der Waals surface area contributed by atoms with Crippen LogP contribution in [0.2, 0.25) is 0 Å².